The molecule has 34 heavy (non-hydrogen) atoms. The highest BCUT2D eigenvalue weighted by atomic mass is 32.1. The molecule has 5 rings (SSSR count). The zero-order chi connectivity index (χ0) is 24.0. The Morgan fingerprint density at radius 1 is 1.15 bits per heavy atom. The van der Waals surface area contributed by atoms with Crippen molar-refractivity contribution in [1.29, 1.82) is 0 Å². The lowest BCUT2D eigenvalue weighted by atomic mass is 10.1. The molecular weight excluding hydrogens is 456 g/mol. The summed E-state index contributed by atoms with van der Waals surface area (Å²) in [6, 6.07) is 1.47. The molecule has 11 heteroatoms. The number of nitrogens with one attached hydrogen (secondary N) is 2. The number of thiazole rings is 1. The molecule has 0 unspecified atom stereocenters. The van der Waals surface area contributed by atoms with Crippen molar-refractivity contribution < 1.29 is 20.1 Å². The van der Waals surface area contributed by atoms with Crippen molar-refractivity contribution in [1.82, 2.24) is 19.9 Å². The van der Waals surface area contributed by atoms with E-state index in [1.54, 1.807) is 13.3 Å². The fourth-order valence-corrected chi connectivity index (χ4v) is 5.78. The Labute approximate surface area is 201 Å². The van der Waals surface area contributed by atoms with Crippen LogP contribution in [0.15, 0.2) is 12.3 Å². The van der Waals surface area contributed by atoms with Crippen molar-refractivity contribution in [2.24, 2.45) is 5.92 Å². The second-order valence-corrected chi connectivity index (χ2v) is 10.4. The van der Waals surface area contributed by atoms with E-state index in [9.17, 15) is 15.3 Å². The molecule has 0 saturated heterocycles. The van der Waals surface area contributed by atoms with Crippen molar-refractivity contribution in [3.63, 3.8) is 0 Å². The average molecular weight is 487 g/mol. The van der Waals surface area contributed by atoms with Gasteiger partial charge in [-0.3, -0.25) is 4.98 Å². The van der Waals surface area contributed by atoms with E-state index < -0.39 is 24.2 Å². The fraction of sp³-hybridized carbons (Fsp3) is 0.565. The molecule has 4 atom stereocenters. The Morgan fingerprint density at radius 2 is 1.94 bits per heavy atom. The molecular formula is C23H30N6O4S. The highest BCUT2D eigenvalue weighted by molar-refractivity contribution is 7.21. The SMILES string of the molecule is COCC1(Nc2nc(C)c(-c3nc4c(C)nccc4s3)c(N[C@@H]3C[C@H](CO)[C@@H](O)[C@H]3O)n2)CC1. The third-order valence-electron chi connectivity index (χ3n) is 6.80. The van der Waals surface area contributed by atoms with Gasteiger partial charge in [-0.25, -0.2) is 9.97 Å². The highest BCUT2D eigenvalue weighted by Crippen LogP contribution is 2.41. The van der Waals surface area contributed by atoms with E-state index in [2.05, 4.69) is 15.6 Å². The predicted octanol–water partition coefficient (Wildman–Crippen LogP) is 1.87. The second-order valence-electron chi connectivity index (χ2n) is 9.37. The van der Waals surface area contributed by atoms with Crippen LogP contribution in [0, 0.1) is 19.8 Å². The van der Waals surface area contributed by atoms with Crippen molar-refractivity contribution >= 4 is 33.3 Å². The van der Waals surface area contributed by atoms with E-state index >= 15 is 0 Å². The standard InChI is InChI=1S/C23H30N6O4S/c1-11-16(21-27-17-12(2)24-7-4-15(17)34-21)20(26-14-8-13(9-30)18(31)19(14)32)28-22(25-11)29-23(5-6-23)10-33-3/h4,7,13-14,18-19,30-32H,5-6,8-10H2,1-3H3,(H2,25,26,28,29)/t13-,14-,18-,19+/m1/s1. The maximum absolute atomic E-state index is 10.6. The van der Waals surface area contributed by atoms with Gasteiger partial charge in [0.2, 0.25) is 5.95 Å². The molecule has 2 saturated carbocycles. The summed E-state index contributed by atoms with van der Waals surface area (Å²) in [7, 11) is 1.68. The maximum Gasteiger partial charge on any atom is 0.225 e. The molecule has 0 spiro atoms. The molecule has 3 heterocycles. The van der Waals surface area contributed by atoms with Crippen LogP contribution in [0.3, 0.4) is 0 Å². The van der Waals surface area contributed by atoms with Gasteiger partial charge >= 0.3 is 0 Å². The van der Waals surface area contributed by atoms with E-state index in [1.165, 1.54) is 11.3 Å². The number of aliphatic hydroxyl groups excluding tert-OH is 3. The van der Waals surface area contributed by atoms with Gasteiger partial charge in [0.25, 0.3) is 0 Å². The number of aliphatic hydroxyl groups is 3. The van der Waals surface area contributed by atoms with Gasteiger partial charge in [-0.1, -0.05) is 0 Å². The molecule has 0 radical (unpaired) electrons. The molecule has 5 N–H and O–H groups in total. The lowest BCUT2D eigenvalue weighted by Gasteiger charge is -2.22. The molecule has 2 aliphatic rings. The summed E-state index contributed by atoms with van der Waals surface area (Å²) in [4.78, 5) is 18.7. The van der Waals surface area contributed by atoms with Gasteiger partial charge in [0.15, 0.2) is 0 Å². The van der Waals surface area contributed by atoms with Gasteiger partial charge in [0, 0.05) is 25.8 Å². The van der Waals surface area contributed by atoms with Crippen LogP contribution in [0.5, 0.6) is 0 Å². The smallest absolute Gasteiger partial charge is 0.225 e. The number of nitrogens with zero attached hydrogens (tertiary/aromatic N) is 4. The minimum absolute atomic E-state index is 0.163. The normalized spacial score (nSPS) is 25.6. The Bertz CT molecular complexity index is 1200. The number of aromatic nitrogens is 4. The summed E-state index contributed by atoms with van der Waals surface area (Å²) in [5, 5.41) is 38.0. The third kappa shape index (κ3) is 4.22. The van der Waals surface area contributed by atoms with Gasteiger partial charge < -0.3 is 30.7 Å². The number of hydrogen-bond donors (Lipinski definition) is 5. The summed E-state index contributed by atoms with van der Waals surface area (Å²) in [5.74, 6) is 0.607. The van der Waals surface area contributed by atoms with Crippen LogP contribution >= 0.6 is 11.3 Å². The zero-order valence-corrected chi connectivity index (χ0v) is 20.3. The van der Waals surface area contributed by atoms with Gasteiger partial charge in [0.1, 0.15) is 22.4 Å². The molecule has 0 bridgehead atoms. The van der Waals surface area contributed by atoms with Crippen molar-refractivity contribution in [2.45, 2.75) is 56.9 Å². The van der Waals surface area contributed by atoms with Gasteiger partial charge in [-0.2, -0.15) is 4.98 Å². The summed E-state index contributed by atoms with van der Waals surface area (Å²) >= 11 is 1.53. The molecule has 10 nitrogen and oxygen atoms in total. The average Bonchev–Trinajstić information content (AvgIpc) is 3.31. The van der Waals surface area contributed by atoms with E-state index in [-0.39, 0.29) is 12.1 Å². The van der Waals surface area contributed by atoms with Crippen LogP contribution in [0.2, 0.25) is 0 Å². The molecule has 3 aromatic heterocycles. The summed E-state index contributed by atoms with van der Waals surface area (Å²) in [6.45, 7) is 4.22. The van der Waals surface area contributed by atoms with Gasteiger partial charge in [-0.05, 0) is 39.2 Å². The number of methoxy groups -OCH3 is 1. The Morgan fingerprint density at radius 3 is 2.59 bits per heavy atom. The zero-order valence-electron chi connectivity index (χ0n) is 19.4. The Kier molecular flexibility index (Phi) is 6.15. The minimum atomic E-state index is -1.03. The Hall–Kier alpha value is -2.44. The number of pyridine rings is 1. The van der Waals surface area contributed by atoms with E-state index in [1.807, 2.05) is 19.9 Å². The van der Waals surface area contributed by atoms with Crippen molar-refractivity contribution in [3.8, 4) is 10.6 Å². The summed E-state index contributed by atoms with van der Waals surface area (Å²) in [6.07, 6.45) is 2.11. The van der Waals surface area contributed by atoms with Gasteiger partial charge in [0.05, 0.1) is 45.9 Å². The highest BCUT2D eigenvalue weighted by Gasteiger charge is 2.44. The summed E-state index contributed by atoms with van der Waals surface area (Å²) < 4.78 is 6.38. The molecule has 3 aromatic rings. The van der Waals surface area contributed by atoms with Crippen LogP contribution in [0.1, 0.15) is 30.7 Å². The van der Waals surface area contributed by atoms with Crippen molar-refractivity contribution in [3.05, 3.63) is 23.7 Å². The number of fused-ring (bicyclic) bond motifs is 1. The first-order valence-electron chi connectivity index (χ1n) is 11.5. The lowest BCUT2D eigenvalue weighted by Crippen LogP contribution is -2.36. The first-order chi connectivity index (χ1) is 16.3. The molecule has 2 fully saturated rings. The molecule has 2 aliphatic carbocycles. The maximum atomic E-state index is 10.6. The second kappa shape index (κ2) is 8.97. The Balaban J connectivity index is 1.56. The van der Waals surface area contributed by atoms with Crippen molar-refractivity contribution in [2.75, 3.05) is 31.0 Å². The number of hydrogen-bond acceptors (Lipinski definition) is 11. The topological polar surface area (TPSA) is 146 Å². The van der Waals surface area contributed by atoms with Gasteiger partial charge in [-0.15, -0.1) is 11.3 Å². The number of rotatable bonds is 8. The van der Waals surface area contributed by atoms with Crippen LogP contribution in [0.25, 0.3) is 20.8 Å². The number of ether oxygens (including phenoxy) is 1. The monoisotopic (exact) mass is 486 g/mol. The first-order valence-corrected chi connectivity index (χ1v) is 12.3. The van der Waals surface area contributed by atoms with E-state index in [0.717, 1.165) is 45.0 Å². The van der Waals surface area contributed by atoms with E-state index in [4.69, 9.17) is 19.7 Å². The van der Waals surface area contributed by atoms with Crippen LogP contribution in [-0.2, 0) is 4.74 Å². The third-order valence-corrected chi connectivity index (χ3v) is 7.84. The van der Waals surface area contributed by atoms with Crippen LogP contribution < -0.4 is 10.6 Å². The fourth-order valence-electron chi connectivity index (χ4n) is 4.67. The minimum Gasteiger partial charge on any atom is -0.396 e. The molecule has 0 aromatic carbocycles. The molecule has 0 amide bonds. The molecule has 182 valence electrons. The van der Waals surface area contributed by atoms with Crippen LogP contribution in [0.4, 0.5) is 11.8 Å². The number of aryl methyl sites for hydroxylation is 2. The summed E-state index contributed by atoms with van der Waals surface area (Å²) in [5.41, 5.74) is 3.01. The van der Waals surface area contributed by atoms with E-state index in [0.29, 0.717) is 24.8 Å². The number of anilines is 2. The lowest BCUT2D eigenvalue weighted by molar-refractivity contribution is 0.00446. The predicted molar refractivity (Wildman–Crippen MR) is 130 cm³/mol. The quantitative estimate of drug-likeness (QED) is 0.320. The largest absolute Gasteiger partial charge is 0.396 e. The molecule has 0 aliphatic heterocycles. The first kappa shape index (κ1) is 23.3. The van der Waals surface area contributed by atoms with Crippen LogP contribution in [-0.4, -0.2) is 79.4 Å².